The third-order valence-electron chi connectivity index (χ3n) is 3.65. The maximum atomic E-state index is 12.4. The third-order valence-corrected chi connectivity index (χ3v) is 3.65. The van der Waals surface area contributed by atoms with E-state index in [-0.39, 0.29) is 11.8 Å². The summed E-state index contributed by atoms with van der Waals surface area (Å²) in [5.41, 5.74) is 2.15. The molecular formula is C17H24N2O2. The summed E-state index contributed by atoms with van der Waals surface area (Å²) in [5.74, 6) is 0.925. The van der Waals surface area contributed by atoms with E-state index in [0.717, 1.165) is 29.6 Å². The van der Waals surface area contributed by atoms with Crippen LogP contribution in [-0.2, 0) is 6.42 Å². The third kappa shape index (κ3) is 3.27. The lowest BCUT2D eigenvalue weighted by Crippen LogP contribution is -2.16. The molecule has 0 saturated carbocycles. The average molecular weight is 288 g/mol. The van der Waals surface area contributed by atoms with Crippen LogP contribution in [0.4, 0.5) is 0 Å². The van der Waals surface area contributed by atoms with Gasteiger partial charge in [-0.2, -0.15) is 0 Å². The number of likely N-dealkylation sites (N-methyl/N-ethyl adjacent to an activating group) is 1. The Bertz CT molecular complexity index is 642. The van der Waals surface area contributed by atoms with E-state index >= 15 is 0 Å². The first kappa shape index (κ1) is 15.6. The number of hydrogen-bond donors (Lipinski definition) is 0. The van der Waals surface area contributed by atoms with Crippen LogP contribution in [0.2, 0.25) is 0 Å². The van der Waals surface area contributed by atoms with Crippen LogP contribution >= 0.6 is 0 Å². The minimum atomic E-state index is -0.0237. The second-order valence-electron chi connectivity index (χ2n) is 5.95. The molecule has 0 radical (unpaired) electrons. The highest BCUT2D eigenvalue weighted by Crippen LogP contribution is 2.27. The Balaban J connectivity index is 2.52. The van der Waals surface area contributed by atoms with Crippen LogP contribution in [0.1, 0.15) is 24.2 Å². The lowest BCUT2D eigenvalue weighted by molar-refractivity contribution is 0.0860. The van der Waals surface area contributed by atoms with E-state index in [1.165, 1.54) is 5.56 Å². The summed E-state index contributed by atoms with van der Waals surface area (Å²) in [5, 5.41) is 1.10. The van der Waals surface area contributed by atoms with Gasteiger partial charge in [0.15, 0.2) is 0 Å². The molecule has 114 valence electrons. The Hall–Kier alpha value is -1.81. The van der Waals surface area contributed by atoms with Gasteiger partial charge in [0.1, 0.15) is 5.75 Å². The zero-order valence-corrected chi connectivity index (χ0v) is 13.5. The number of nitrogens with zero attached hydrogens (tertiary/aromatic N) is 2. The van der Waals surface area contributed by atoms with Crippen LogP contribution in [0, 0.1) is 5.92 Å². The quantitative estimate of drug-likeness (QED) is 0.848. The van der Waals surface area contributed by atoms with Gasteiger partial charge in [-0.1, -0.05) is 13.8 Å². The normalized spacial score (nSPS) is 11.6. The second kappa shape index (κ2) is 6.31. The topological polar surface area (TPSA) is 34.5 Å². The lowest BCUT2D eigenvalue weighted by Gasteiger charge is -2.08. The SMILES string of the molecule is COc1ccc2c(c1)c(CCN(C)C)cn2C(=O)C(C)C. The Kier molecular flexibility index (Phi) is 4.68. The Morgan fingerprint density at radius 3 is 2.62 bits per heavy atom. The monoisotopic (exact) mass is 288 g/mol. The summed E-state index contributed by atoms with van der Waals surface area (Å²) >= 11 is 0. The van der Waals surface area contributed by atoms with Gasteiger partial charge in [-0.05, 0) is 44.3 Å². The summed E-state index contributed by atoms with van der Waals surface area (Å²) in [6.45, 7) is 4.81. The van der Waals surface area contributed by atoms with Gasteiger partial charge < -0.3 is 9.64 Å². The average Bonchev–Trinajstić information content (AvgIpc) is 2.81. The van der Waals surface area contributed by atoms with Crippen LogP contribution < -0.4 is 4.74 Å². The fraction of sp³-hybridized carbons (Fsp3) is 0.471. The summed E-state index contributed by atoms with van der Waals surface area (Å²) in [6.07, 6.45) is 2.89. The largest absolute Gasteiger partial charge is 0.497 e. The van der Waals surface area contributed by atoms with E-state index in [1.54, 1.807) is 11.7 Å². The minimum Gasteiger partial charge on any atom is -0.497 e. The zero-order chi connectivity index (χ0) is 15.6. The molecule has 0 N–H and O–H groups in total. The number of hydrogen-bond acceptors (Lipinski definition) is 3. The molecule has 0 unspecified atom stereocenters. The second-order valence-corrected chi connectivity index (χ2v) is 5.95. The first-order chi connectivity index (χ1) is 9.93. The predicted octanol–water partition coefficient (Wildman–Crippen LogP) is 3.05. The highest BCUT2D eigenvalue weighted by Gasteiger charge is 2.16. The number of aromatic nitrogens is 1. The molecule has 0 saturated heterocycles. The molecule has 0 aliphatic carbocycles. The van der Waals surface area contributed by atoms with Crippen molar-refractivity contribution in [2.45, 2.75) is 20.3 Å². The van der Waals surface area contributed by atoms with Crippen molar-refractivity contribution in [3.63, 3.8) is 0 Å². The first-order valence-electron chi connectivity index (χ1n) is 7.31. The minimum absolute atomic E-state index is 0.0237. The van der Waals surface area contributed by atoms with Gasteiger partial charge in [0.2, 0.25) is 5.91 Å². The number of carbonyl (C=O) groups excluding carboxylic acids is 1. The van der Waals surface area contributed by atoms with Gasteiger partial charge in [-0.15, -0.1) is 0 Å². The van der Waals surface area contributed by atoms with Crippen LogP contribution in [0.5, 0.6) is 5.75 Å². The predicted molar refractivity (Wildman–Crippen MR) is 86.2 cm³/mol. The van der Waals surface area contributed by atoms with Crippen molar-refractivity contribution in [3.05, 3.63) is 30.0 Å². The van der Waals surface area contributed by atoms with Crippen molar-refractivity contribution in [3.8, 4) is 5.75 Å². The zero-order valence-electron chi connectivity index (χ0n) is 13.5. The van der Waals surface area contributed by atoms with Crippen LogP contribution in [0.15, 0.2) is 24.4 Å². The summed E-state index contributed by atoms with van der Waals surface area (Å²) in [7, 11) is 5.77. The molecule has 1 heterocycles. The van der Waals surface area contributed by atoms with Crippen molar-refractivity contribution in [2.24, 2.45) is 5.92 Å². The van der Waals surface area contributed by atoms with E-state index in [4.69, 9.17) is 4.74 Å². The van der Waals surface area contributed by atoms with Crippen molar-refractivity contribution in [2.75, 3.05) is 27.7 Å². The fourth-order valence-electron chi connectivity index (χ4n) is 2.41. The Labute approximate surface area is 126 Å². The molecule has 1 aromatic carbocycles. The van der Waals surface area contributed by atoms with Gasteiger partial charge in [-0.25, -0.2) is 0 Å². The number of ether oxygens (including phenoxy) is 1. The highest BCUT2D eigenvalue weighted by atomic mass is 16.5. The molecule has 0 atom stereocenters. The molecule has 2 rings (SSSR count). The van der Waals surface area contributed by atoms with Gasteiger partial charge in [0, 0.05) is 24.0 Å². The number of benzene rings is 1. The van der Waals surface area contributed by atoms with Crippen LogP contribution in [0.25, 0.3) is 10.9 Å². The summed E-state index contributed by atoms with van der Waals surface area (Å²) in [4.78, 5) is 14.5. The van der Waals surface area contributed by atoms with E-state index < -0.39 is 0 Å². The van der Waals surface area contributed by atoms with Gasteiger partial charge in [-0.3, -0.25) is 9.36 Å². The summed E-state index contributed by atoms with van der Waals surface area (Å²) < 4.78 is 7.10. The van der Waals surface area contributed by atoms with E-state index in [0.29, 0.717) is 0 Å². The summed E-state index contributed by atoms with van der Waals surface area (Å²) in [6, 6.07) is 5.89. The van der Waals surface area contributed by atoms with E-state index in [9.17, 15) is 4.79 Å². The van der Waals surface area contributed by atoms with E-state index in [1.807, 2.05) is 38.2 Å². The number of rotatable bonds is 5. The Morgan fingerprint density at radius 2 is 2.05 bits per heavy atom. The first-order valence-corrected chi connectivity index (χ1v) is 7.31. The number of fused-ring (bicyclic) bond motifs is 1. The molecule has 0 amide bonds. The maximum absolute atomic E-state index is 12.4. The van der Waals surface area contributed by atoms with Crippen molar-refractivity contribution in [1.29, 1.82) is 0 Å². The molecule has 21 heavy (non-hydrogen) atoms. The molecule has 2 aromatic rings. The highest BCUT2D eigenvalue weighted by molar-refractivity contribution is 5.95. The standard InChI is InChI=1S/C17H24N2O2/c1-12(2)17(20)19-11-13(8-9-18(3)4)15-10-14(21-5)6-7-16(15)19/h6-7,10-12H,8-9H2,1-5H3. The van der Waals surface area contributed by atoms with Crippen molar-refractivity contribution >= 4 is 16.8 Å². The number of methoxy groups -OCH3 is 1. The molecular weight excluding hydrogens is 264 g/mol. The Morgan fingerprint density at radius 1 is 1.33 bits per heavy atom. The van der Waals surface area contributed by atoms with E-state index in [2.05, 4.69) is 19.0 Å². The fourth-order valence-corrected chi connectivity index (χ4v) is 2.41. The van der Waals surface area contributed by atoms with Gasteiger partial charge >= 0.3 is 0 Å². The molecule has 1 aromatic heterocycles. The van der Waals surface area contributed by atoms with Crippen molar-refractivity contribution < 1.29 is 9.53 Å². The molecule has 0 spiro atoms. The molecule has 4 nitrogen and oxygen atoms in total. The molecule has 0 fully saturated rings. The van der Waals surface area contributed by atoms with Gasteiger partial charge in [0.05, 0.1) is 12.6 Å². The maximum Gasteiger partial charge on any atom is 0.233 e. The van der Waals surface area contributed by atoms with Gasteiger partial charge in [0.25, 0.3) is 0 Å². The smallest absolute Gasteiger partial charge is 0.233 e. The van der Waals surface area contributed by atoms with Crippen LogP contribution in [-0.4, -0.2) is 43.1 Å². The molecule has 0 aliphatic heterocycles. The molecule has 4 heteroatoms. The van der Waals surface area contributed by atoms with Crippen LogP contribution in [0.3, 0.4) is 0 Å². The van der Waals surface area contributed by atoms with Crippen molar-refractivity contribution in [1.82, 2.24) is 9.47 Å². The lowest BCUT2D eigenvalue weighted by atomic mass is 10.1. The molecule has 0 bridgehead atoms. The number of carbonyl (C=O) groups is 1. The molecule has 0 aliphatic rings.